The third-order valence-corrected chi connectivity index (χ3v) is 3.18. The van der Waals surface area contributed by atoms with E-state index in [-0.39, 0.29) is 11.8 Å². The summed E-state index contributed by atoms with van der Waals surface area (Å²) in [5.74, 6) is -0.281. The highest BCUT2D eigenvalue weighted by Crippen LogP contribution is 2.05. The molecule has 0 heterocycles. The van der Waals surface area contributed by atoms with Crippen molar-refractivity contribution < 1.29 is 9.18 Å². The minimum atomic E-state index is -0.281. The smallest absolute Gasteiger partial charge is 0.321 e. The Hall–Kier alpha value is -1.84. The normalized spacial score (nSPS) is 10.8. The van der Waals surface area contributed by atoms with Crippen LogP contribution in [-0.4, -0.2) is 24.0 Å². The molecule has 21 heavy (non-hydrogen) atoms. The van der Waals surface area contributed by atoms with Gasteiger partial charge in [-0.15, -0.1) is 0 Å². The molecule has 1 aromatic rings. The van der Waals surface area contributed by atoms with Crippen molar-refractivity contribution in [3.8, 4) is 0 Å². The predicted octanol–water partition coefficient (Wildman–Crippen LogP) is 4.41. The van der Waals surface area contributed by atoms with Gasteiger partial charge in [0, 0.05) is 19.3 Å². The van der Waals surface area contributed by atoms with Crippen LogP contribution in [0.15, 0.2) is 30.5 Å². The number of hydrogen-bond donors (Lipinski definition) is 1. The number of benzene rings is 1. The average Bonchev–Trinajstić information content (AvgIpc) is 2.47. The molecule has 4 heteroatoms. The van der Waals surface area contributed by atoms with Crippen LogP contribution in [0.1, 0.15) is 45.1 Å². The molecule has 116 valence electrons. The zero-order valence-electron chi connectivity index (χ0n) is 12.9. The molecule has 0 fully saturated rings. The molecule has 1 rings (SSSR count). The Morgan fingerprint density at radius 1 is 1.24 bits per heavy atom. The van der Waals surface area contributed by atoms with Gasteiger partial charge in [-0.05, 0) is 36.6 Å². The lowest BCUT2D eigenvalue weighted by atomic mass is 10.2. The second-order valence-electron chi connectivity index (χ2n) is 5.03. The maximum Gasteiger partial charge on any atom is 0.321 e. The molecule has 2 amide bonds. The van der Waals surface area contributed by atoms with Gasteiger partial charge in [0.25, 0.3) is 0 Å². The van der Waals surface area contributed by atoms with Crippen LogP contribution >= 0.6 is 0 Å². The van der Waals surface area contributed by atoms with E-state index in [1.807, 2.05) is 4.90 Å². The summed E-state index contributed by atoms with van der Waals surface area (Å²) in [5, 5.41) is 2.75. The van der Waals surface area contributed by atoms with E-state index in [0.717, 1.165) is 44.3 Å². The number of unbranched alkanes of at least 4 members (excludes halogenated alkanes) is 2. The summed E-state index contributed by atoms with van der Waals surface area (Å²) in [6.45, 7) is 5.77. The zero-order chi connectivity index (χ0) is 15.5. The number of carbonyl (C=O) groups is 1. The molecule has 0 atom stereocenters. The number of amides is 2. The van der Waals surface area contributed by atoms with Gasteiger partial charge in [-0.1, -0.05) is 38.8 Å². The fourth-order valence-electron chi connectivity index (χ4n) is 1.92. The molecule has 1 N–H and O–H groups in total. The van der Waals surface area contributed by atoms with Crippen LogP contribution < -0.4 is 5.32 Å². The Morgan fingerprint density at radius 3 is 2.48 bits per heavy atom. The topological polar surface area (TPSA) is 32.3 Å². The Bertz CT molecular complexity index is 452. The first kappa shape index (κ1) is 17.2. The Kier molecular flexibility index (Phi) is 8.17. The monoisotopic (exact) mass is 292 g/mol. The van der Waals surface area contributed by atoms with Crippen molar-refractivity contribution in [1.82, 2.24) is 10.2 Å². The summed E-state index contributed by atoms with van der Waals surface area (Å²) in [4.78, 5) is 13.9. The second kappa shape index (κ2) is 9.97. The molecule has 0 radical (unpaired) electrons. The molecule has 1 aromatic carbocycles. The van der Waals surface area contributed by atoms with Gasteiger partial charge in [0.2, 0.25) is 0 Å². The van der Waals surface area contributed by atoms with Crippen LogP contribution in [-0.2, 0) is 0 Å². The van der Waals surface area contributed by atoms with Crippen LogP contribution in [0.25, 0.3) is 6.08 Å². The highest BCUT2D eigenvalue weighted by Gasteiger charge is 2.10. The summed E-state index contributed by atoms with van der Waals surface area (Å²) >= 11 is 0. The van der Waals surface area contributed by atoms with E-state index in [4.69, 9.17) is 0 Å². The number of hydrogen-bond acceptors (Lipinski definition) is 1. The Labute approximate surface area is 126 Å². The van der Waals surface area contributed by atoms with Crippen molar-refractivity contribution in [2.45, 2.75) is 39.5 Å². The van der Waals surface area contributed by atoms with Crippen molar-refractivity contribution >= 4 is 12.1 Å². The van der Waals surface area contributed by atoms with E-state index < -0.39 is 0 Å². The molecule has 0 aliphatic heterocycles. The van der Waals surface area contributed by atoms with Gasteiger partial charge in [0.1, 0.15) is 5.82 Å². The van der Waals surface area contributed by atoms with Gasteiger partial charge in [-0.3, -0.25) is 0 Å². The number of rotatable bonds is 8. The number of halogens is 1. The van der Waals surface area contributed by atoms with E-state index in [0.29, 0.717) is 0 Å². The zero-order valence-corrected chi connectivity index (χ0v) is 12.9. The van der Waals surface area contributed by atoms with E-state index in [1.54, 1.807) is 24.4 Å². The second-order valence-corrected chi connectivity index (χ2v) is 5.03. The standard InChI is InChI=1S/C17H25FN2O/c1-3-5-12-20(13-6-4-2)17(21)19-11-10-15-8-7-9-16(18)14-15/h7-11,14H,3-6,12-13H2,1-2H3,(H,19,21)/b11-10+. The van der Waals surface area contributed by atoms with Crippen molar-refractivity contribution in [3.63, 3.8) is 0 Å². The lowest BCUT2D eigenvalue weighted by Crippen LogP contribution is -2.38. The molecule has 0 aliphatic carbocycles. The predicted molar refractivity (Wildman–Crippen MR) is 85.4 cm³/mol. The Morgan fingerprint density at radius 2 is 1.90 bits per heavy atom. The fraction of sp³-hybridized carbons (Fsp3) is 0.471. The van der Waals surface area contributed by atoms with Crippen molar-refractivity contribution in [1.29, 1.82) is 0 Å². The molecule has 3 nitrogen and oxygen atoms in total. The average molecular weight is 292 g/mol. The van der Waals surface area contributed by atoms with Gasteiger partial charge >= 0.3 is 6.03 Å². The third-order valence-electron chi connectivity index (χ3n) is 3.18. The lowest BCUT2D eigenvalue weighted by Gasteiger charge is -2.21. The van der Waals surface area contributed by atoms with Crippen molar-refractivity contribution in [2.24, 2.45) is 0 Å². The Balaban J connectivity index is 2.51. The van der Waals surface area contributed by atoms with E-state index in [2.05, 4.69) is 19.2 Å². The van der Waals surface area contributed by atoms with E-state index >= 15 is 0 Å². The molecular formula is C17H25FN2O. The summed E-state index contributed by atoms with van der Waals surface area (Å²) in [6, 6.07) is 6.16. The van der Waals surface area contributed by atoms with E-state index in [9.17, 15) is 9.18 Å². The number of urea groups is 1. The first-order valence-electron chi connectivity index (χ1n) is 7.65. The summed E-state index contributed by atoms with van der Waals surface area (Å²) < 4.78 is 13.0. The molecular weight excluding hydrogens is 267 g/mol. The maximum atomic E-state index is 13.0. The lowest BCUT2D eigenvalue weighted by molar-refractivity contribution is 0.200. The fourth-order valence-corrected chi connectivity index (χ4v) is 1.92. The van der Waals surface area contributed by atoms with Gasteiger partial charge in [-0.25, -0.2) is 9.18 Å². The minimum Gasteiger partial charge on any atom is -0.325 e. The van der Waals surface area contributed by atoms with E-state index in [1.165, 1.54) is 12.1 Å². The van der Waals surface area contributed by atoms with Gasteiger partial charge in [0.05, 0.1) is 0 Å². The van der Waals surface area contributed by atoms with Crippen molar-refractivity contribution in [3.05, 3.63) is 41.8 Å². The molecule has 0 unspecified atom stereocenters. The van der Waals surface area contributed by atoms with Gasteiger partial charge in [-0.2, -0.15) is 0 Å². The van der Waals surface area contributed by atoms with Gasteiger partial charge in [0.15, 0.2) is 0 Å². The number of carbonyl (C=O) groups excluding carboxylic acids is 1. The molecule has 0 bridgehead atoms. The van der Waals surface area contributed by atoms with Crippen LogP contribution in [0.4, 0.5) is 9.18 Å². The quantitative estimate of drug-likeness (QED) is 0.756. The molecule has 0 saturated heterocycles. The first-order valence-corrected chi connectivity index (χ1v) is 7.65. The maximum absolute atomic E-state index is 13.0. The SMILES string of the molecule is CCCCN(CCCC)C(=O)N/C=C/c1cccc(F)c1. The van der Waals surface area contributed by atoms with Crippen LogP contribution in [0.2, 0.25) is 0 Å². The number of nitrogens with one attached hydrogen (secondary N) is 1. The molecule has 0 saturated carbocycles. The largest absolute Gasteiger partial charge is 0.325 e. The van der Waals surface area contributed by atoms with Crippen LogP contribution in [0.3, 0.4) is 0 Å². The third kappa shape index (κ3) is 6.93. The summed E-state index contributed by atoms with van der Waals surface area (Å²) in [7, 11) is 0. The van der Waals surface area contributed by atoms with Crippen LogP contribution in [0, 0.1) is 5.82 Å². The first-order chi connectivity index (χ1) is 10.2. The summed E-state index contributed by atoms with van der Waals surface area (Å²) in [6.07, 6.45) is 7.40. The molecule has 0 spiro atoms. The highest BCUT2D eigenvalue weighted by atomic mass is 19.1. The van der Waals surface area contributed by atoms with Gasteiger partial charge < -0.3 is 10.2 Å². The van der Waals surface area contributed by atoms with Crippen LogP contribution in [0.5, 0.6) is 0 Å². The molecule has 0 aromatic heterocycles. The molecule has 0 aliphatic rings. The van der Waals surface area contributed by atoms with Crippen molar-refractivity contribution in [2.75, 3.05) is 13.1 Å². The summed E-state index contributed by atoms with van der Waals surface area (Å²) in [5.41, 5.74) is 0.726. The highest BCUT2D eigenvalue weighted by molar-refractivity contribution is 5.76. The minimum absolute atomic E-state index is 0.0930. The number of nitrogens with zero attached hydrogens (tertiary/aromatic N) is 1.